The van der Waals surface area contributed by atoms with Gasteiger partial charge in [0.15, 0.2) is 0 Å². The Hall–Kier alpha value is -1.29. The van der Waals surface area contributed by atoms with Crippen LogP contribution in [-0.4, -0.2) is 10.5 Å². The van der Waals surface area contributed by atoms with Crippen molar-refractivity contribution in [3.8, 4) is 0 Å². The molecule has 1 aromatic carbocycles. The smallest absolute Gasteiger partial charge is 0.271 e. The summed E-state index contributed by atoms with van der Waals surface area (Å²) in [6.45, 7) is 2.16. The van der Waals surface area contributed by atoms with Crippen LogP contribution in [-0.2, 0) is 0 Å². The van der Waals surface area contributed by atoms with Crippen molar-refractivity contribution in [1.82, 2.24) is 0 Å². The Morgan fingerprint density at radius 2 is 2.06 bits per heavy atom. The Kier molecular flexibility index (Phi) is 3.24. The first-order valence-corrected chi connectivity index (χ1v) is 6.10. The summed E-state index contributed by atoms with van der Waals surface area (Å²) in [6.07, 6.45) is 4.66. The van der Waals surface area contributed by atoms with E-state index in [0.29, 0.717) is 5.02 Å². The highest BCUT2D eigenvalue weighted by Crippen LogP contribution is 2.35. The van der Waals surface area contributed by atoms with Crippen molar-refractivity contribution >= 4 is 23.0 Å². The minimum atomic E-state index is -0.438. The Bertz CT molecular complexity index is 442. The average molecular weight is 255 g/mol. The predicted molar refractivity (Wildman–Crippen MR) is 68.6 cm³/mol. The summed E-state index contributed by atoms with van der Waals surface area (Å²) < 4.78 is 0. The molecule has 1 saturated carbocycles. The minimum absolute atomic E-state index is 0.0251. The normalized spacial score (nSPS) is 18.0. The van der Waals surface area contributed by atoms with E-state index in [4.69, 9.17) is 11.6 Å². The third kappa shape index (κ3) is 2.69. The lowest BCUT2D eigenvalue weighted by atomic mass is 10.0. The van der Waals surface area contributed by atoms with Crippen LogP contribution in [0.15, 0.2) is 18.2 Å². The maximum Gasteiger partial charge on any atom is 0.271 e. The fourth-order valence-corrected chi connectivity index (χ4v) is 2.55. The van der Waals surface area contributed by atoms with Gasteiger partial charge in [0.2, 0.25) is 0 Å². The molecule has 0 bridgehead atoms. The highest BCUT2D eigenvalue weighted by Gasteiger charge is 2.28. The van der Waals surface area contributed by atoms with Crippen LogP contribution in [0.4, 0.5) is 11.4 Å². The second-order valence-electron chi connectivity index (χ2n) is 4.81. The molecule has 0 amide bonds. The van der Waals surface area contributed by atoms with Crippen molar-refractivity contribution < 1.29 is 4.92 Å². The summed E-state index contributed by atoms with van der Waals surface area (Å²) >= 11 is 6.05. The van der Waals surface area contributed by atoms with E-state index in [1.165, 1.54) is 25.0 Å². The largest absolute Gasteiger partial charge is 0.379 e. The molecule has 0 aromatic heterocycles. The van der Waals surface area contributed by atoms with Crippen molar-refractivity contribution in [2.24, 2.45) is 0 Å². The molecule has 0 aliphatic heterocycles. The van der Waals surface area contributed by atoms with Crippen molar-refractivity contribution in [2.75, 3.05) is 5.32 Å². The van der Waals surface area contributed by atoms with Crippen LogP contribution in [0.1, 0.15) is 32.6 Å². The fraction of sp³-hybridized carbons (Fsp3) is 0.500. The topological polar surface area (TPSA) is 55.2 Å². The maximum absolute atomic E-state index is 10.6. The Morgan fingerprint density at radius 3 is 2.59 bits per heavy atom. The van der Waals surface area contributed by atoms with Gasteiger partial charge in [-0.05, 0) is 25.8 Å². The van der Waals surface area contributed by atoms with Gasteiger partial charge in [0.05, 0.1) is 15.6 Å². The van der Waals surface area contributed by atoms with Crippen LogP contribution in [0, 0.1) is 10.1 Å². The number of rotatable bonds is 3. The maximum atomic E-state index is 10.6. The molecule has 1 aromatic rings. The van der Waals surface area contributed by atoms with E-state index in [-0.39, 0.29) is 11.2 Å². The number of nitrogens with one attached hydrogen (secondary N) is 1. The Balaban J connectivity index is 2.19. The molecule has 17 heavy (non-hydrogen) atoms. The molecule has 0 unspecified atom stereocenters. The van der Waals surface area contributed by atoms with Crippen molar-refractivity contribution in [1.29, 1.82) is 0 Å². The summed E-state index contributed by atoms with van der Waals surface area (Å²) in [7, 11) is 0. The van der Waals surface area contributed by atoms with Crippen molar-refractivity contribution in [3.63, 3.8) is 0 Å². The quantitative estimate of drug-likeness (QED) is 0.655. The van der Waals surface area contributed by atoms with E-state index in [0.717, 1.165) is 18.5 Å². The molecule has 5 heteroatoms. The highest BCUT2D eigenvalue weighted by atomic mass is 35.5. The van der Waals surface area contributed by atoms with Gasteiger partial charge in [-0.25, -0.2) is 0 Å². The van der Waals surface area contributed by atoms with E-state index in [9.17, 15) is 10.1 Å². The monoisotopic (exact) mass is 254 g/mol. The van der Waals surface area contributed by atoms with Crippen LogP contribution < -0.4 is 5.32 Å². The van der Waals surface area contributed by atoms with E-state index in [2.05, 4.69) is 12.2 Å². The van der Waals surface area contributed by atoms with Gasteiger partial charge in [-0.2, -0.15) is 0 Å². The van der Waals surface area contributed by atoms with Gasteiger partial charge >= 0.3 is 0 Å². The number of anilines is 1. The molecular weight excluding hydrogens is 240 g/mol. The van der Waals surface area contributed by atoms with Gasteiger partial charge in [0.25, 0.3) is 5.69 Å². The molecule has 1 fully saturated rings. The zero-order valence-corrected chi connectivity index (χ0v) is 10.5. The molecule has 4 nitrogen and oxygen atoms in total. The zero-order valence-electron chi connectivity index (χ0n) is 9.70. The van der Waals surface area contributed by atoms with Crippen LogP contribution in [0.2, 0.25) is 5.02 Å². The standard InChI is InChI=1S/C12H15ClN2O2/c1-12(6-2-3-7-12)14-11-5-4-9(15(16)17)8-10(11)13/h4-5,8,14H,2-3,6-7H2,1H3. The zero-order chi connectivity index (χ0) is 12.5. The molecule has 2 rings (SSSR count). The van der Waals surface area contributed by atoms with Crippen LogP contribution in [0.25, 0.3) is 0 Å². The number of nitro groups is 1. The number of hydrogen-bond donors (Lipinski definition) is 1. The summed E-state index contributed by atoms with van der Waals surface area (Å²) in [5, 5.41) is 14.4. The van der Waals surface area contributed by atoms with Gasteiger partial charge < -0.3 is 5.32 Å². The van der Waals surface area contributed by atoms with Gasteiger partial charge in [-0.15, -0.1) is 0 Å². The minimum Gasteiger partial charge on any atom is -0.379 e. The van der Waals surface area contributed by atoms with E-state index < -0.39 is 4.92 Å². The number of halogens is 1. The number of nitro benzene ring substituents is 1. The summed E-state index contributed by atoms with van der Waals surface area (Å²) in [4.78, 5) is 10.2. The Morgan fingerprint density at radius 1 is 1.41 bits per heavy atom. The molecule has 0 saturated heterocycles. The molecule has 92 valence electrons. The second-order valence-corrected chi connectivity index (χ2v) is 5.22. The van der Waals surface area contributed by atoms with Crippen LogP contribution in [0.5, 0.6) is 0 Å². The van der Waals surface area contributed by atoms with Gasteiger partial charge in [0.1, 0.15) is 0 Å². The number of benzene rings is 1. The van der Waals surface area contributed by atoms with E-state index >= 15 is 0 Å². The van der Waals surface area contributed by atoms with Crippen molar-refractivity contribution in [3.05, 3.63) is 33.3 Å². The van der Waals surface area contributed by atoms with E-state index in [1.54, 1.807) is 6.07 Å². The summed E-state index contributed by atoms with van der Waals surface area (Å²) in [6, 6.07) is 4.55. The molecule has 1 aliphatic rings. The fourth-order valence-electron chi connectivity index (χ4n) is 2.32. The number of nitrogens with zero attached hydrogens (tertiary/aromatic N) is 1. The molecule has 0 radical (unpaired) electrons. The molecule has 1 N–H and O–H groups in total. The molecular formula is C12H15ClN2O2. The third-order valence-electron chi connectivity index (χ3n) is 3.31. The molecule has 0 spiro atoms. The lowest BCUT2D eigenvalue weighted by molar-refractivity contribution is -0.384. The Labute approximate surface area is 105 Å². The molecule has 1 aliphatic carbocycles. The van der Waals surface area contributed by atoms with Gasteiger partial charge in [-0.3, -0.25) is 10.1 Å². The molecule has 0 atom stereocenters. The average Bonchev–Trinajstić information content (AvgIpc) is 2.68. The van der Waals surface area contributed by atoms with E-state index in [1.807, 2.05) is 0 Å². The number of hydrogen-bond acceptors (Lipinski definition) is 3. The van der Waals surface area contributed by atoms with Crippen molar-refractivity contribution in [2.45, 2.75) is 38.1 Å². The van der Waals surface area contributed by atoms with Crippen LogP contribution in [0.3, 0.4) is 0 Å². The van der Waals surface area contributed by atoms with Gasteiger partial charge in [-0.1, -0.05) is 24.4 Å². The summed E-state index contributed by atoms with van der Waals surface area (Å²) in [5.74, 6) is 0. The first-order chi connectivity index (χ1) is 8.00. The summed E-state index contributed by atoms with van der Waals surface area (Å²) in [5.41, 5.74) is 0.874. The lowest BCUT2D eigenvalue weighted by Crippen LogP contribution is -2.30. The van der Waals surface area contributed by atoms with Gasteiger partial charge in [0, 0.05) is 17.7 Å². The molecule has 0 heterocycles. The SMILES string of the molecule is CC1(Nc2ccc([N+](=O)[O-])cc2Cl)CCCC1. The predicted octanol–water partition coefficient (Wildman–Crippen LogP) is 3.99. The first-order valence-electron chi connectivity index (χ1n) is 5.72. The lowest BCUT2D eigenvalue weighted by Gasteiger charge is -2.27. The van der Waals surface area contributed by atoms with Crippen LogP contribution >= 0.6 is 11.6 Å². The number of non-ortho nitro benzene ring substituents is 1. The second kappa shape index (κ2) is 4.53. The third-order valence-corrected chi connectivity index (χ3v) is 3.62. The highest BCUT2D eigenvalue weighted by molar-refractivity contribution is 6.33. The first kappa shape index (κ1) is 12.2.